The maximum Gasteiger partial charge on any atom is 0.407 e. The fraction of sp³-hybridized carbons (Fsp3) is 0.611. The van der Waals surface area contributed by atoms with E-state index in [1.54, 1.807) is 6.07 Å². The number of carbonyl (C=O) groups excluding carboxylic acids is 1. The van der Waals surface area contributed by atoms with Crippen LogP contribution in [0.5, 0.6) is 5.75 Å². The molecule has 1 fully saturated rings. The predicted molar refractivity (Wildman–Crippen MR) is 88.5 cm³/mol. The Morgan fingerprint density at radius 3 is 2.83 bits per heavy atom. The van der Waals surface area contributed by atoms with Crippen LogP contribution >= 0.6 is 0 Å². The number of aromatic hydroxyl groups is 1. The smallest absolute Gasteiger partial charge is 0.407 e. The highest BCUT2D eigenvalue weighted by molar-refractivity contribution is 5.68. The molecular formula is C18H26N2O3. The van der Waals surface area contributed by atoms with Crippen LogP contribution in [0.2, 0.25) is 0 Å². The van der Waals surface area contributed by atoms with Gasteiger partial charge in [0.2, 0.25) is 0 Å². The third kappa shape index (κ3) is 4.16. The number of phenolic OH excluding ortho intramolecular Hbond substituents is 1. The molecule has 0 radical (unpaired) electrons. The van der Waals surface area contributed by atoms with Crippen LogP contribution in [0.15, 0.2) is 18.2 Å². The Morgan fingerprint density at radius 2 is 2.09 bits per heavy atom. The van der Waals surface area contributed by atoms with Crippen LogP contribution in [-0.4, -0.2) is 28.9 Å². The number of carbonyl (C=O) groups is 1. The van der Waals surface area contributed by atoms with Crippen LogP contribution in [0.1, 0.15) is 57.2 Å². The summed E-state index contributed by atoms with van der Waals surface area (Å²) in [6, 6.07) is 6.38. The second-order valence-corrected chi connectivity index (χ2v) is 7.59. The van der Waals surface area contributed by atoms with E-state index in [4.69, 9.17) is 4.74 Å². The van der Waals surface area contributed by atoms with Crippen LogP contribution < -0.4 is 10.6 Å². The van der Waals surface area contributed by atoms with E-state index in [1.807, 2.05) is 32.9 Å². The van der Waals surface area contributed by atoms with E-state index >= 15 is 0 Å². The van der Waals surface area contributed by atoms with Gasteiger partial charge in [0.15, 0.2) is 0 Å². The van der Waals surface area contributed by atoms with Gasteiger partial charge < -0.3 is 20.5 Å². The zero-order chi connectivity index (χ0) is 16.6. The number of nitrogens with one attached hydrogen (secondary N) is 2. The molecule has 5 heteroatoms. The van der Waals surface area contributed by atoms with Gasteiger partial charge in [0.05, 0.1) is 0 Å². The van der Waals surface area contributed by atoms with Crippen molar-refractivity contribution in [1.29, 1.82) is 0 Å². The average Bonchev–Trinajstić information content (AvgIpc) is 3.14. The fourth-order valence-electron chi connectivity index (χ4n) is 3.23. The first kappa shape index (κ1) is 16.1. The van der Waals surface area contributed by atoms with E-state index in [1.165, 1.54) is 11.1 Å². The molecule has 3 N–H and O–H groups in total. The molecule has 0 aromatic heterocycles. The number of benzene rings is 1. The lowest BCUT2D eigenvalue weighted by molar-refractivity contribution is 0.0521. The van der Waals surface area contributed by atoms with E-state index in [0.29, 0.717) is 17.8 Å². The van der Waals surface area contributed by atoms with Crippen molar-refractivity contribution in [2.45, 2.75) is 70.2 Å². The summed E-state index contributed by atoms with van der Waals surface area (Å²) < 4.78 is 5.29. The highest BCUT2D eigenvalue weighted by Crippen LogP contribution is 2.35. The van der Waals surface area contributed by atoms with E-state index < -0.39 is 5.60 Å². The summed E-state index contributed by atoms with van der Waals surface area (Å²) in [6.45, 7) is 5.59. The number of alkyl carbamates (subject to hydrolysis) is 1. The first-order chi connectivity index (χ1) is 10.8. The predicted octanol–water partition coefficient (Wildman–Crippen LogP) is 3.02. The van der Waals surface area contributed by atoms with Gasteiger partial charge in [0.25, 0.3) is 0 Å². The lowest BCUT2D eigenvalue weighted by Gasteiger charge is -2.27. The normalized spacial score (nSPS) is 26.3. The van der Waals surface area contributed by atoms with E-state index in [0.717, 1.165) is 25.7 Å². The van der Waals surface area contributed by atoms with Crippen molar-refractivity contribution in [3.8, 4) is 5.75 Å². The molecule has 0 aliphatic heterocycles. The first-order valence-corrected chi connectivity index (χ1v) is 8.39. The third-order valence-electron chi connectivity index (χ3n) is 4.35. The number of fused-ring (bicyclic) bond motifs is 1. The summed E-state index contributed by atoms with van der Waals surface area (Å²) in [4.78, 5) is 11.8. The largest absolute Gasteiger partial charge is 0.508 e. The van der Waals surface area contributed by atoms with E-state index in [2.05, 4.69) is 10.6 Å². The standard InChI is InChI=1S/C18H26N2O3/c1-18(2,3)23-17(22)20-16-10-15(16)19-14-6-4-5-11-9-12(21)7-8-13(11)14/h7-9,14-16,19,21H,4-6,10H2,1-3H3,(H,20,22). The van der Waals surface area contributed by atoms with Gasteiger partial charge in [0.1, 0.15) is 11.4 Å². The minimum absolute atomic E-state index is 0.146. The van der Waals surface area contributed by atoms with Crippen LogP contribution in [-0.2, 0) is 11.2 Å². The van der Waals surface area contributed by atoms with Crippen LogP contribution in [0, 0.1) is 0 Å². The van der Waals surface area contributed by atoms with Gasteiger partial charge in [0, 0.05) is 18.1 Å². The second kappa shape index (κ2) is 6.04. The molecule has 2 aliphatic rings. The molecule has 1 amide bonds. The summed E-state index contributed by atoms with van der Waals surface area (Å²) in [5.41, 5.74) is 2.04. The lowest BCUT2D eigenvalue weighted by Crippen LogP contribution is -2.37. The van der Waals surface area contributed by atoms with Crippen molar-refractivity contribution in [1.82, 2.24) is 10.6 Å². The highest BCUT2D eigenvalue weighted by Gasteiger charge is 2.41. The number of amides is 1. The SMILES string of the molecule is CC(C)(C)OC(=O)NC1CC1NC1CCCc2cc(O)ccc21. The van der Waals surface area contributed by atoms with Crippen LogP contribution in [0.4, 0.5) is 4.79 Å². The maximum atomic E-state index is 11.8. The van der Waals surface area contributed by atoms with Crippen molar-refractivity contribution in [3.05, 3.63) is 29.3 Å². The number of hydrogen-bond donors (Lipinski definition) is 3. The van der Waals surface area contributed by atoms with Gasteiger partial charge in [-0.1, -0.05) is 6.07 Å². The Balaban J connectivity index is 1.54. The van der Waals surface area contributed by atoms with Crippen LogP contribution in [0.3, 0.4) is 0 Å². The van der Waals surface area contributed by atoms with Crippen molar-refractivity contribution in [2.24, 2.45) is 0 Å². The zero-order valence-electron chi connectivity index (χ0n) is 14.1. The summed E-state index contributed by atoms with van der Waals surface area (Å²) in [6.07, 6.45) is 3.81. The number of phenols is 1. The van der Waals surface area contributed by atoms with Gasteiger partial charge in [-0.05, 0) is 69.7 Å². The Bertz CT molecular complexity index is 594. The molecule has 0 heterocycles. The zero-order valence-corrected chi connectivity index (χ0v) is 14.1. The monoisotopic (exact) mass is 318 g/mol. The van der Waals surface area contributed by atoms with Gasteiger partial charge in [-0.3, -0.25) is 0 Å². The van der Waals surface area contributed by atoms with Gasteiger partial charge in [-0.15, -0.1) is 0 Å². The number of ether oxygens (including phenoxy) is 1. The quantitative estimate of drug-likeness (QED) is 0.801. The summed E-state index contributed by atoms with van der Waals surface area (Å²) in [7, 11) is 0. The van der Waals surface area contributed by atoms with Gasteiger partial charge in [-0.25, -0.2) is 4.79 Å². The average molecular weight is 318 g/mol. The summed E-state index contributed by atoms with van der Waals surface area (Å²) in [5, 5.41) is 16.2. The minimum atomic E-state index is -0.466. The molecule has 23 heavy (non-hydrogen) atoms. The molecule has 126 valence electrons. The molecule has 1 aromatic rings. The molecule has 1 aromatic carbocycles. The molecule has 2 aliphatic carbocycles. The highest BCUT2D eigenvalue weighted by atomic mass is 16.6. The Hall–Kier alpha value is -1.75. The molecule has 1 saturated carbocycles. The molecule has 3 rings (SSSR count). The fourth-order valence-corrected chi connectivity index (χ4v) is 3.23. The van der Waals surface area contributed by atoms with E-state index in [-0.39, 0.29) is 12.1 Å². The molecule has 3 unspecified atom stereocenters. The third-order valence-corrected chi connectivity index (χ3v) is 4.35. The second-order valence-electron chi connectivity index (χ2n) is 7.59. The molecular weight excluding hydrogens is 292 g/mol. The molecule has 0 saturated heterocycles. The summed E-state index contributed by atoms with van der Waals surface area (Å²) >= 11 is 0. The first-order valence-electron chi connectivity index (χ1n) is 8.39. The summed E-state index contributed by atoms with van der Waals surface area (Å²) in [5.74, 6) is 0.334. The number of hydrogen-bond acceptors (Lipinski definition) is 4. The Labute approximate surface area is 137 Å². The molecule has 0 bridgehead atoms. The number of aryl methyl sites for hydroxylation is 1. The molecule has 0 spiro atoms. The van der Waals surface area contributed by atoms with Gasteiger partial charge in [-0.2, -0.15) is 0 Å². The Kier molecular flexibility index (Phi) is 4.23. The minimum Gasteiger partial charge on any atom is -0.508 e. The number of rotatable bonds is 3. The molecule has 5 nitrogen and oxygen atoms in total. The van der Waals surface area contributed by atoms with Crippen molar-refractivity contribution in [2.75, 3.05) is 0 Å². The molecule has 3 atom stereocenters. The van der Waals surface area contributed by atoms with Crippen LogP contribution in [0.25, 0.3) is 0 Å². The van der Waals surface area contributed by atoms with Gasteiger partial charge >= 0.3 is 6.09 Å². The van der Waals surface area contributed by atoms with Crippen molar-refractivity contribution >= 4 is 6.09 Å². The Morgan fingerprint density at radius 1 is 1.30 bits per heavy atom. The van der Waals surface area contributed by atoms with E-state index in [9.17, 15) is 9.90 Å². The lowest BCUT2D eigenvalue weighted by atomic mass is 9.87. The maximum absolute atomic E-state index is 11.8. The van der Waals surface area contributed by atoms with Crippen molar-refractivity contribution < 1.29 is 14.6 Å². The topological polar surface area (TPSA) is 70.6 Å². The van der Waals surface area contributed by atoms with Crippen molar-refractivity contribution in [3.63, 3.8) is 0 Å².